The van der Waals surface area contributed by atoms with Crippen molar-refractivity contribution in [2.45, 2.75) is 71.1 Å². The Hall–Kier alpha value is -3.67. The molecule has 0 aromatic heterocycles. The second-order valence-electron chi connectivity index (χ2n) is 8.97. The van der Waals surface area contributed by atoms with Crippen molar-refractivity contribution in [3.05, 3.63) is 29.3 Å². The molecule has 1 atom stereocenters. The number of benzene rings is 1. The maximum Gasteiger partial charge on any atom is 0.424 e. The zero-order valence-electron chi connectivity index (χ0n) is 19.0. The van der Waals surface area contributed by atoms with E-state index in [1.165, 1.54) is 4.90 Å². The van der Waals surface area contributed by atoms with Crippen LogP contribution < -0.4 is 5.32 Å². The number of likely N-dealkylation sites (tertiary alicyclic amines) is 1. The average Bonchev–Trinajstić information content (AvgIpc) is 3.04. The van der Waals surface area contributed by atoms with Crippen molar-refractivity contribution in [2.24, 2.45) is 0 Å². The van der Waals surface area contributed by atoms with Crippen LogP contribution in [0.3, 0.4) is 0 Å². The van der Waals surface area contributed by atoms with Crippen LogP contribution in [-0.2, 0) is 25.7 Å². The molecule has 0 saturated carbocycles. The molecule has 3 rings (SSSR count). The van der Waals surface area contributed by atoms with Crippen LogP contribution >= 0.6 is 0 Å². The van der Waals surface area contributed by atoms with Gasteiger partial charge in [-0.05, 0) is 45.7 Å². The van der Waals surface area contributed by atoms with Gasteiger partial charge in [0.2, 0.25) is 11.8 Å². The lowest BCUT2D eigenvalue weighted by molar-refractivity contribution is -0.150. The lowest BCUT2D eigenvalue weighted by atomic mass is 10.0. The summed E-state index contributed by atoms with van der Waals surface area (Å²) in [6.07, 6.45) is 5.48. The number of fused-ring (bicyclic) bond motifs is 1. The SMILES string of the molecule is C#CCCCC(=O)Nc1cccc2c1CN(C1CCC(=O)N(C(=O)OC(C)(C)C)C1=O)C2=O. The maximum absolute atomic E-state index is 13.1. The number of nitrogens with zero attached hydrogens (tertiary/aromatic N) is 2. The Morgan fingerprint density at radius 3 is 2.64 bits per heavy atom. The van der Waals surface area contributed by atoms with Crippen LogP contribution in [0.25, 0.3) is 0 Å². The van der Waals surface area contributed by atoms with Gasteiger partial charge in [0.25, 0.3) is 11.8 Å². The Balaban J connectivity index is 1.79. The van der Waals surface area contributed by atoms with Gasteiger partial charge in [-0.3, -0.25) is 19.2 Å². The first kappa shape index (κ1) is 24.0. The number of piperidine rings is 1. The van der Waals surface area contributed by atoms with E-state index in [1.54, 1.807) is 39.0 Å². The van der Waals surface area contributed by atoms with Gasteiger partial charge >= 0.3 is 6.09 Å². The lowest BCUT2D eigenvalue weighted by Gasteiger charge is -2.35. The number of rotatable bonds is 5. The second-order valence-corrected chi connectivity index (χ2v) is 8.97. The molecule has 9 nitrogen and oxygen atoms in total. The summed E-state index contributed by atoms with van der Waals surface area (Å²) in [5, 5.41) is 2.81. The minimum atomic E-state index is -1.05. The monoisotopic (exact) mass is 453 g/mol. The van der Waals surface area contributed by atoms with Gasteiger partial charge in [-0.25, -0.2) is 4.79 Å². The molecule has 0 radical (unpaired) electrons. The summed E-state index contributed by atoms with van der Waals surface area (Å²) in [4.78, 5) is 65.0. The normalized spacial score (nSPS) is 18.1. The molecule has 5 amide bonds. The molecule has 1 aromatic rings. The third-order valence-corrected chi connectivity index (χ3v) is 5.33. The van der Waals surface area contributed by atoms with E-state index in [1.807, 2.05) is 0 Å². The van der Waals surface area contributed by atoms with Gasteiger partial charge in [0.05, 0.1) is 0 Å². The van der Waals surface area contributed by atoms with Crippen molar-refractivity contribution in [2.75, 3.05) is 5.32 Å². The number of hydrogen-bond acceptors (Lipinski definition) is 6. The smallest absolute Gasteiger partial charge is 0.424 e. The summed E-state index contributed by atoms with van der Waals surface area (Å²) in [6, 6.07) is 3.97. The quantitative estimate of drug-likeness (QED) is 0.417. The van der Waals surface area contributed by atoms with E-state index in [0.717, 1.165) is 0 Å². The summed E-state index contributed by atoms with van der Waals surface area (Å²) in [5.74, 6) is 0.415. The molecular formula is C24H27N3O6. The number of ether oxygens (including phenoxy) is 1. The Morgan fingerprint density at radius 1 is 1.24 bits per heavy atom. The van der Waals surface area contributed by atoms with Gasteiger partial charge < -0.3 is 15.0 Å². The molecule has 174 valence electrons. The van der Waals surface area contributed by atoms with Crippen LogP contribution in [0.4, 0.5) is 10.5 Å². The molecule has 2 heterocycles. The molecule has 2 aliphatic heterocycles. The number of terminal acetylenes is 1. The van der Waals surface area contributed by atoms with Gasteiger partial charge in [0, 0.05) is 42.6 Å². The Kier molecular flexibility index (Phi) is 6.86. The molecule has 1 unspecified atom stereocenters. The van der Waals surface area contributed by atoms with Crippen LogP contribution in [0.5, 0.6) is 0 Å². The summed E-state index contributed by atoms with van der Waals surface area (Å²) >= 11 is 0. The van der Waals surface area contributed by atoms with Crippen LogP contribution in [-0.4, -0.2) is 51.2 Å². The molecule has 1 saturated heterocycles. The molecule has 9 heteroatoms. The van der Waals surface area contributed by atoms with Crippen molar-refractivity contribution in [3.63, 3.8) is 0 Å². The number of nitrogens with one attached hydrogen (secondary N) is 1. The van der Waals surface area contributed by atoms with Gasteiger partial charge in [-0.2, -0.15) is 4.90 Å². The molecular weight excluding hydrogens is 426 g/mol. The second kappa shape index (κ2) is 9.45. The third kappa shape index (κ3) is 5.22. The van der Waals surface area contributed by atoms with Crippen molar-refractivity contribution in [1.29, 1.82) is 0 Å². The van der Waals surface area contributed by atoms with Gasteiger partial charge in [-0.1, -0.05) is 6.07 Å². The zero-order chi connectivity index (χ0) is 24.3. The predicted octanol–water partition coefficient (Wildman–Crippen LogP) is 2.84. The zero-order valence-corrected chi connectivity index (χ0v) is 19.0. The highest BCUT2D eigenvalue weighted by Gasteiger charge is 2.46. The van der Waals surface area contributed by atoms with Crippen molar-refractivity contribution < 1.29 is 28.7 Å². The Morgan fingerprint density at radius 2 is 1.97 bits per heavy atom. The molecule has 0 bridgehead atoms. The molecule has 0 aliphatic carbocycles. The van der Waals surface area contributed by atoms with E-state index >= 15 is 0 Å². The third-order valence-electron chi connectivity index (χ3n) is 5.33. The van der Waals surface area contributed by atoms with E-state index in [4.69, 9.17) is 11.2 Å². The summed E-state index contributed by atoms with van der Waals surface area (Å²) in [5.41, 5.74) is 0.543. The van der Waals surface area contributed by atoms with Crippen molar-refractivity contribution >= 4 is 35.4 Å². The van der Waals surface area contributed by atoms with Crippen molar-refractivity contribution in [1.82, 2.24) is 9.80 Å². The Labute approximate surface area is 192 Å². The average molecular weight is 453 g/mol. The summed E-state index contributed by atoms with van der Waals surface area (Å²) < 4.78 is 5.20. The van der Waals surface area contributed by atoms with E-state index in [-0.39, 0.29) is 31.7 Å². The maximum atomic E-state index is 13.1. The highest BCUT2D eigenvalue weighted by Crippen LogP contribution is 2.33. The first-order chi connectivity index (χ1) is 15.5. The molecule has 2 aliphatic rings. The number of carbonyl (C=O) groups is 5. The van der Waals surface area contributed by atoms with Crippen LogP contribution in [0, 0.1) is 12.3 Å². The summed E-state index contributed by atoms with van der Waals surface area (Å²) in [7, 11) is 0. The molecule has 1 fully saturated rings. The fourth-order valence-electron chi connectivity index (χ4n) is 3.84. The number of unbranched alkanes of at least 4 members (excludes halogenated alkanes) is 1. The van der Waals surface area contributed by atoms with E-state index in [9.17, 15) is 24.0 Å². The molecule has 33 heavy (non-hydrogen) atoms. The molecule has 0 spiro atoms. The number of hydrogen-bond donors (Lipinski definition) is 1. The summed E-state index contributed by atoms with van der Waals surface area (Å²) in [6.45, 7) is 4.96. The predicted molar refractivity (Wildman–Crippen MR) is 119 cm³/mol. The number of imide groups is 3. The highest BCUT2D eigenvalue weighted by molar-refractivity contribution is 6.13. The molecule has 1 N–H and O–H groups in total. The topological polar surface area (TPSA) is 113 Å². The first-order valence-corrected chi connectivity index (χ1v) is 10.8. The van der Waals surface area contributed by atoms with Gasteiger partial charge in [0.15, 0.2) is 0 Å². The minimum absolute atomic E-state index is 0.0712. The van der Waals surface area contributed by atoms with Crippen LogP contribution in [0.1, 0.15) is 68.8 Å². The Bertz CT molecular complexity index is 1050. The first-order valence-electron chi connectivity index (χ1n) is 10.8. The largest absolute Gasteiger partial charge is 0.443 e. The number of amides is 5. The number of anilines is 1. The van der Waals surface area contributed by atoms with Crippen LogP contribution in [0.15, 0.2) is 18.2 Å². The lowest BCUT2D eigenvalue weighted by Crippen LogP contribution is -2.57. The van der Waals surface area contributed by atoms with Crippen molar-refractivity contribution in [3.8, 4) is 12.3 Å². The van der Waals surface area contributed by atoms with Gasteiger partial charge in [0.1, 0.15) is 11.6 Å². The molecule has 1 aromatic carbocycles. The number of carbonyl (C=O) groups excluding carboxylic acids is 5. The van der Waals surface area contributed by atoms with E-state index < -0.39 is 35.5 Å². The standard InChI is InChI=1S/C24H27N3O6/c1-5-6-7-11-19(28)25-17-10-8-9-15-16(17)14-26(21(15)30)18-12-13-20(29)27(22(18)31)23(32)33-24(2,3)4/h1,8-10,18H,6-7,11-14H2,2-4H3,(H,25,28). The van der Waals surface area contributed by atoms with Crippen LogP contribution in [0.2, 0.25) is 0 Å². The fourth-order valence-corrected chi connectivity index (χ4v) is 3.84. The minimum Gasteiger partial charge on any atom is -0.443 e. The highest BCUT2D eigenvalue weighted by atomic mass is 16.6. The fraction of sp³-hybridized carbons (Fsp3) is 0.458. The van der Waals surface area contributed by atoms with E-state index in [2.05, 4.69) is 11.2 Å². The van der Waals surface area contributed by atoms with Gasteiger partial charge in [-0.15, -0.1) is 12.3 Å². The van der Waals surface area contributed by atoms with E-state index in [0.29, 0.717) is 34.6 Å².